The zero-order valence-electron chi connectivity index (χ0n) is 57.1. The van der Waals surface area contributed by atoms with E-state index in [1.54, 1.807) is 0 Å². The van der Waals surface area contributed by atoms with Crippen molar-refractivity contribution in [2.45, 2.75) is 0 Å². The Bertz CT molecular complexity index is 6270. The van der Waals surface area contributed by atoms with Gasteiger partial charge in [0.05, 0.1) is 28.1 Å². The molecule has 0 atom stereocenters. The van der Waals surface area contributed by atoms with Gasteiger partial charge in [-0.05, 0) is 125 Å². The summed E-state index contributed by atoms with van der Waals surface area (Å²) in [5.41, 5.74) is 25.1. The second-order valence-corrected chi connectivity index (χ2v) is 26.6. The highest BCUT2D eigenvalue weighted by Gasteiger charge is 2.43. The van der Waals surface area contributed by atoms with Crippen LogP contribution in [0.2, 0.25) is 0 Å². The first-order chi connectivity index (χ1) is 52.5. The summed E-state index contributed by atoms with van der Waals surface area (Å²) < 4.78 is 2.32. The lowest BCUT2D eigenvalue weighted by Gasteiger charge is -2.44. The summed E-state index contributed by atoms with van der Waals surface area (Å²) in [7, 11) is 0. The highest BCUT2D eigenvalue weighted by Crippen LogP contribution is 2.46. The van der Waals surface area contributed by atoms with Crippen LogP contribution in [-0.4, -0.2) is 51.2 Å². The summed E-state index contributed by atoms with van der Waals surface area (Å²) in [6.07, 6.45) is 0. The maximum absolute atomic E-state index is 5.57. The quantitative estimate of drug-likeness (QED) is 0.103. The van der Waals surface area contributed by atoms with Gasteiger partial charge in [0.1, 0.15) is 0 Å². The largest absolute Gasteiger partial charge is 0.311 e. The summed E-state index contributed by atoms with van der Waals surface area (Å²) >= 11 is 0. The predicted molar refractivity (Wildman–Crippen MR) is 432 cm³/mol. The van der Waals surface area contributed by atoms with Crippen LogP contribution in [0, 0.1) is 0 Å². The van der Waals surface area contributed by atoms with Gasteiger partial charge in [0.2, 0.25) is 0 Å². The van der Waals surface area contributed by atoms with Crippen molar-refractivity contribution in [3.8, 4) is 119 Å². The van der Waals surface area contributed by atoms with Gasteiger partial charge < -0.3 is 14.4 Å². The van der Waals surface area contributed by atoms with Crippen molar-refractivity contribution in [3.63, 3.8) is 0 Å². The predicted octanol–water partition coefficient (Wildman–Crippen LogP) is 20.7. The minimum atomic E-state index is 0.0602. The lowest BCUT2D eigenvalue weighted by atomic mass is 9.33. The average Bonchev–Trinajstić information content (AvgIpc) is 0.853. The first-order valence-electron chi connectivity index (χ1n) is 35.6. The summed E-state index contributed by atoms with van der Waals surface area (Å²) in [5.74, 6) is 3.83. The molecule has 0 N–H and O–H groups in total. The van der Waals surface area contributed by atoms with E-state index in [1.807, 2.05) is 115 Å². The first kappa shape index (κ1) is 61.5. The molecule has 18 aromatic rings. The molecule has 0 bridgehead atoms. The molecule has 0 saturated carbocycles. The second-order valence-electron chi connectivity index (χ2n) is 26.6. The van der Waals surface area contributed by atoms with Gasteiger partial charge in [-0.2, -0.15) is 0 Å². The smallest absolute Gasteiger partial charge is 0.252 e. The van der Waals surface area contributed by atoms with E-state index < -0.39 is 0 Å². The Morgan fingerprint density at radius 2 is 0.566 bits per heavy atom. The van der Waals surface area contributed by atoms with Gasteiger partial charge in [-0.15, -0.1) is 0 Å². The minimum Gasteiger partial charge on any atom is -0.311 e. The molecule has 12 heteroatoms. The van der Waals surface area contributed by atoms with E-state index >= 15 is 0 Å². The Morgan fingerprint density at radius 3 is 1.09 bits per heavy atom. The van der Waals surface area contributed by atoms with Crippen LogP contribution in [-0.2, 0) is 0 Å². The van der Waals surface area contributed by atoms with Crippen LogP contribution in [0.5, 0.6) is 0 Å². The number of anilines is 6. The van der Waals surface area contributed by atoms with Gasteiger partial charge in [0, 0.05) is 95.0 Å². The number of para-hydroxylation sites is 4. The number of benzene rings is 14. The number of hydrogen-bond donors (Lipinski definition) is 0. The molecule has 0 fully saturated rings. The number of aromatic nitrogens is 9. The molecular weight excluding hydrogens is 1290 g/mol. The Hall–Kier alpha value is -14.4. The van der Waals surface area contributed by atoms with Crippen molar-refractivity contribution in [2.75, 3.05) is 9.80 Å². The number of rotatable bonds is 13. The zero-order valence-corrected chi connectivity index (χ0v) is 57.1. The summed E-state index contributed by atoms with van der Waals surface area (Å²) in [6, 6.07) is 127. The molecule has 106 heavy (non-hydrogen) atoms. The van der Waals surface area contributed by atoms with E-state index in [2.05, 4.69) is 263 Å². The van der Waals surface area contributed by atoms with Gasteiger partial charge in [-0.25, -0.2) is 39.9 Å². The molecular formula is C94H60BN11. The summed E-state index contributed by atoms with van der Waals surface area (Å²) in [4.78, 5) is 47.3. The average molecular weight is 1350 g/mol. The number of nitrogens with zero attached hydrogens (tertiary/aromatic N) is 11. The number of hydrogen-bond acceptors (Lipinski definition) is 10. The summed E-state index contributed by atoms with van der Waals surface area (Å²) in [5, 5.41) is 2.06. The molecule has 11 nitrogen and oxygen atoms in total. The fourth-order valence-corrected chi connectivity index (χ4v) is 15.4. The van der Waals surface area contributed by atoms with Crippen LogP contribution in [0.25, 0.3) is 141 Å². The van der Waals surface area contributed by atoms with Crippen LogP contribution in [0.15, 0.2) is 364 Å². The van der Waals surface area contributed by atoms with Crippen LogP contribution in [0.1, 0.15) is 0 Å². The minimum absolute atomic E-state index is 0.0602. The maximum atomic E-state index is 5.57. The second kappa shape index (κ2) is 25.9. The molecule has 0 unspecified atom stereocenters. The van der Waals surface area contributed by atoms with E-state index in [-0.39, 0.29) is 6.71 Å². The summed E-state index contributed by atoms with van der Waals surface area (Å²) in [6.45, 7) is 0.0602. The lowest BCUT2D eigenvalue weighted by Crippen LogP contribution is -2.61. The van der Waals surface area contributed by atoms with Gasteiger partial charge in [0.15, 0.2) is 40.8 Å². The van der Waals surface area contributed by atoms with E-state index in [1.165, 1.54) is 39.1 Å². The topological polar surface area (TPSA) is 115 Å². The molecule has 2 aliphatic rings. The molecule has 0 radical (unpaired) electrons. The molecule has 4 aromatic heterocycles. The number of fused-ring (bicyclic) bond motifs is 7. The zero-order chi connectivity index (χ0) is 70.0. The van der Waals surface area contributed by atoms with E-state index in [4.69, 9.17) is 39.9 Å². The molecule has 14 aromatic carbocycles. The third-order valence-corrected chi connectivity index (χ3v) is 20.3. The van der Waals surface area contributed by atoms with Gasteiger partial charge in [0.25, 0.3) is 6.71 Å². The van der Waals surface area contributed by atoms with Gasteiger partial charge >= 0.3 is 0 Å². The van der Waals surface area contributed by atoms with Crippen molar-refractivity contribution < 1.29 is 0 Å². The Kier molecular flexibility index (Phi) is 15.0. The van der Waals surface area contributed by atoms with Crippen LogP contribution >= 0.6 is 0 Å². The fourth-order valence-electron chi connectivity index (χ4n) is 15.4. The molecule has 0 saturated heterocycles. The molecule has 0 spiro atoms. The van der Waals surface area contributed by atoms with E-state index in [0.717, 1.165) is 111 Å². The highest BCUT2D eigenvalue weighted by atomic mass is 15.2. The monoisotopic (exact) mass is 1350 g/mol. The van der Waals surface area contributed by atoms with Crippen molar-refractivity contribution in [3.05, 3.63) is 364 Å². The molecule has 0 aliphatic carbocycles. The standard InChI is InChI=1S/C94H60BN11/c1-7-26-63(27-8-1)78-60-79(64-28-9-2-10-29-64)97-92(96-78)70-53-57-82(106-80-41-22-19-38-73(80)74-58-69(52-56-81(74)106)93-100-88(65-30-11-3-12-31-65)98-89(101-93)66-32-13-4-14-33-66)75(59-70)94-102-90(67-34-15-5-16-35-67)99-91(103-94)68-48-46-61(47-49-68)62-50-54-72(55-51-62)105-84-43-24-21-40-77(84)95-76-39-20-23-42-83(76)104(71-36-17-6-18-37-71)85-44-25-45-86(105)87(85)95/h1-60H. The molecule has 0 amide bonds. The normalized spacial score (nSPS) is 12.1. The molecule has 6 heterocycles. The Balaban J connectivity index is 0.721. The van der Waals surface area contributed by atoms with Crippen LogP contribution < -0.4 is 26.2 Å². The highest BCUT2D eigenvalue weighted by molar-refractivity contribution is 7.00. The van der Waals surface area contributed by atoms with Gasteiger partial charge in [-0.3, -0.25) is 0 Å². The van der Waals surface area contributed by atoms with Crippen molar-refractivity contribution in [1.29, 1.82) is 0 Å². The lowest BCUT2D eigenvalue weighted by molar-refractivity contribution is 1.06. The van der Waals surface area contributed by atoms with Crippen LogP contribution in [0.3, 0.4) is 0 Å². The third kappa shape index (κ3) is 10.9. The van der Waals surface area contributed by atoms with Gasteiger partial charge in [-0.1, -0.05) is 267 Å². The fraction of sp³-hybridized carbons (Fsp3) is 0. The third-order valence-electron chi connectivity index (χ3n) is 20.3. The van der Waals surface area contributed by atoms with Crippen molar-refractivity contribution >= 4 is 79.0 Å². The van der Waals surface area contributed by atoms with Crippen molar-refractivity contribution in [1.82, 2.24) is 44.4 Å². The van der Waals surface area contributed by atoms with Crippen molar-refractivity contribution in [2.24, 2.45) is 0 Å². The maximum Gasteiger partial charge on any atom is 0.252 e. The van der Waals surface area contributed by atoms with E-state index in [0.29, 0.717) is 40.8 Å². The Labute approximate surface area is 612 Å². The molecule has 494 valence electrons. The SMILES string of the molecule is c1ccc(-c2cc(-c3ccccc3)nc(-c3ccc(-n4c5ccccc5c5cc(-c6nc(-c7ccccc7)nc(-c7ccccc7)n6)ccc54)c(-c4nc(-c5ccccc5)nc(-c5ccc(-c6ccc(N7c8ccccc8B8c9ccccc9N(c9ccccc9)c9cccc7c98)cc6)cc5)n4)c3)n2)cc1. The molecule has 2 aliphatic heterocycles. The molecule has 20 rings (SSSR count). The van der Waals surface area contributed by atoms with Crippen LogP contribution in [0.4, 0.5) is 34.1 Å². The first-order valence-corrected chi connectivity index (χ1v) is 35.6. The van der Waals surface area contributed by atoms with E-state index in [9.17, 15) is 0 Å². The Morgan fingerprint density at radius 1 is 0.208 bits per heavy atom.